The average molecular weight is 355 g/mol. The second-order valence-electron chi connectivity index (χ2n) is 5.49. The van der Waals surface area contributed by atoms with Gasteiger partial charge in [0, 0.05) is 36.8 Å². The van der Waals surface area contributed by atoms with Crippen LogP contribution in [0.5, 0.6) is 0 Å². The van der Waals surface area contributed by atoms with E-state index in [1.54, 1.807) is 24.2 Å². The van der Waals surface area contributed by atoms with E-state index in [2.05, 4.69) is 44.1 Å². The van der Waals surface area contributed by atoms with E-state index in [1.807, 2.05) is 24.3 Å². The number of rotatable bonds is 8. The molecule has 0 spiro atoms. The summed E-state index contributed by atoms with van der Waals surface area (Å²) < 4.78 is 2.09. The Balaban J connectivity index is 1.93. The van der Waals surface area contributed by atoms with Gasteiger partial charge in [-0.2, -0.15) is 0 Å². The molecule has 0 unspecified atom stereocenters. The molecule has 7 heteroatoms. The maximum Gasteiger partial charge on any atom is 0.196 e. The number of para-hydroxylation sites is 1. The van der Waals surface area contributed by atoms with Crippen LogP contribution in [0, 0.1) is 6.92 Å². The van der Waals surface area contributed by atoms with Gasteiger partial charge in [0.25, 0.3) is 0 Å². The quantitative estimate of drug-likeness (QED) is 0.477. The Kier molecular flexibility index (Phi) is 6.16. The van der Waals surface area contributed by atoms with Crippen LogP contribution in [-0.2, 0) is 0 Å². The zero-order valence-electron chi connectivity index (χ0n) is 14.1. The van der Waals surface area contributed by atoms with Crippen LogP contribution in [0.2, 0.25) is 0 Å². The average Bonchev–Trinajstić information content (AvgIpc) is 3.06. The first kappa shape index (κ1) is 17.6. The molecule has 3 rings (SSSR count). The Morgan fingerprint density at radius 2 is 2.00 bits per heavy atom. The van der Waals surface area contributed by atoms with Crippen LogP contribution in [0.25, 0.3) is 17.1 Å². The van der Waals surface area contributed by atoms with Crippen LogP contribution < -0.4 is 5.32 Å². The maximum atomic E-state index is 8.83. The van der Waals surface area contributed by atoms with Crippen LogP contribution in [0.3, 0.4) is 0 Å². The normalized spacial score (nSPS) is 11.0. The topological polar surface area (TPSA) is 75.9 Å². The summed E-state index contributed by atoms with van der Waals surface area (Å²) >= 11 is 1.64. The van der Waals surface area contributed by atoms with Gasteiger partial charge in [0.2, 0.25) is 0 Å². The third kappa shape index (κ3) is 4.25. The van der Waals surface area contributed by atoms with Crippen molar-refractivity contribution in [2.75, 3.05) is 25.4 Å². The molecule has 0 aliphatic heterocycles. The molecule has 0 amide bonds. The van der Waals surface area contributed by atoms with Crippen LogP contribution >= 0.6 is 11.8 Å². The van der Waals surface area contributed by atoms with Gasteiger partial charge in [0.15, 0.2) is 11.0 Å². The number of hydrogen-bond donors (Lipinski definition) is 2. The van der Waals surface area contributed by atoms with Gasteiger partial charge in [-0.3, -0.25) is 9.55 Å². The number of hydrogen-bond acceptors (Lipinski definition) is 6. The molecule has 2 heterocycles. The molecule has 25 heavy (non-hydrogen) atoms. The van der Waals surface area contributed by atoms with Gasteiger partial charge in [-0.05, 0) is 30.7 Å². The lowest BCUT2D eigenvalue weighted by Crippen LogP contribution is -2.20. The van der Waals surface area contributed by atoms with E-state index in [-0.39, 0.29) is 6.61 Å². The molecule has 3 aromatic rings. The molecule has 0 aliphatic rings. The third-order valence-electron chi connectivity index (χ3n) is 3.71. The fourth-order valence-electron chi connectivity index (χ4n) is 2.50. The van der Waals surface area contributed by atoms with Gasteiger partial charge in [-0.15, -0.1) is 10.2 Å². The van der Waals surface area contributed by atoms with E-state index in [4.69, 9.17) is 5.11 Å². The minimum Gasteiger partial charge on any atom is -0.395 e. The van der Waals surface area contributed by atoms with Crippen LogP contribution in [0.4, 0.5) is 0 Å². The minimum absolute atomic E-state index is 0.148. The molecule has 6 nitrogen and oxygen atoms in total. The first-order valence-corrected chi connectivity index (χ1v) is 9.16. The number of pyridine rings is 1. The second kappa shape index (κ2) is 8.75. The van der Waals surface area contributed by atoms with Crippen LogP contribution in [0.1, 0.15) is 5.56 Å². The highest BCUT2D eigenvalue weighted by atomic mass is 32.2. The van der Waals surface area contributed by atoms with Gasteiger partial charge < -0.3 is 10.4 Å². The fourth-order valence-corrected chi connectivity index (χ4v) is 3.34. The molecule has 0 fully saturated rings. The Labute approximate surface area is 151 Å². The summed E-state index contributed by atoms with van der Waals surface area (Å²) in [6.07, 6.45) is 3.55. The van der Waals surface area contributed by atoms with Crippen molar-refractivity contribution in [2.45, 2.75) is 12.1 Å². The molecule has 2 N–H and O–H groups in total. The van der Waals surface area contributed by atoms with Crippen molar-refractivity contribution in [3.05, 3.63) is 54.4 Å². The smallest absolute Gasteiger partial charge is 0.196 e. The molecule has 0 aliphatic carbocycles. The molecule has 0 atom stereocenters. The van der Waals surface area contributed by atoms with Crippen LogP contribution in [-0.4, -0.2) is 50.3 Å². The summed E-state index contributed by atoms with van der Waals surface area (Å²) in [5.41, 5.74) is 3.16. The number of aliphatic hydroxyl groups excluding tert-OH is 1. The number of benzene rings is 1. The molecule has 0 saturated heterocycles. The van der Waals surface area contributed by atoms with Gasteiger partial charge in [-0.25, -0.2) is 0 Å². The third-order valence-corrected chi connectivity index (χ3v) is 4.64. The monoisotopic (exact) mass is 355 g/mol. The number of aromatic nitrogens is 4. The van der Waals surface area contributed by atoms with E-state index >= 15 is 0 Å². The second-order valence-corrected chi connectivity index (χ2v) is 6.55. The number of thioether (sulfide) groups is 1. The zero-order chi connectivity index (χ0) is 17.5. The Morgan fingerprint density at radius 3 is 2.76 bits per heavy atom. The van der Waals surface area contributed by atoms with Crippen molar-refractivity contribution in [3.8, 4) is 17.1 Å². The predicted molar refractivity (Wildman–Crippen MR) is 100 cm³/mol. The highest BCUT2D eigenvalue weighted by Crippen LogP contribution is 2.28. The van der Waals surface area contributed by atoms with Gasteiger partial charge in [0.05, 0.1) is 12.3 Å². The maximum absolute atomic E-state index is 8.83. The summed E-state index contributed by atoms with van der Waals surface area (Å²) in [5, 5.41) is 21.7. The SMILES string of the molecule is Cc1ccccc1-n1c(SCCNCCO)nnc1-c1cccnc1. The number of aryl methyl sites for hydroxylation is 1. The number of aliphatic hydroxyl groups is 1. The fraction of sp³-hybridized carbons (Fsp3) is 0.278. The Hall–Kier alpha value is -2.22. The van der Waals surface area contributed by atoms with Crippen molar-refractivity contribution in [1.82, 2.24) is 25.1 Å². The van der Waals surface area contributed by atoms with E-state index in [0.717, 1.165) is 40.1 Å². The van der Waals surface area contributed by atoms with Crippen molar-refractivity contribution >= 4 is 11.8 Å². The highest BCUT2D eigenvalue weighted by Gasteiger charge is 2.17. The molecular formula is C18H21N5OS. The standard InChI is InChI=1S/C18H21N5OS/c1-14-5-2-3-7-16(14)23-17(15-6-4-8-20-13-15)21-22-18(23)25-12-10-19-9-11-24/h2-8,13,19,24H,9-12H2,1H3. The van der Waals surface area contributed by atoms with Gasteiger partial charge in [0.1, 0.15) is 0 Å². The molecular weight excluding hydrogens is 334 g/mol. The Morgan fingerprint density at radius 1 is 1.12 bits per heavy atom. The summed E-state index contributed by atoms with van der Waals surface area (Å²) in [6.45, 7) is 3.63. The minimum atomic E-state index is 0.148. The summed E-state index contributed by atoms with van der Waals surface area (Å²) in [7, 11) is 0. The molecule has 0 radical (unpaired) electrons. The Bertz CT molecular complexity index is 806. The zero-order valence-corrected chi connectivity index (χ0v) is 14.9. The lowest BCUT2D eigenvalue weighted by Gasteiger charge is -2.12. The van der Waals surface area contributed by atoms with Crippen molar-refractivity contribution in [2.24, 2.45) is 0 Å². The molecule has 0 bridgehead atoms. The lowest BCUT2D eigenvalue weighted by atomic mass is 10.2. The molecule has 2 aromatic heterocycles. The van der Waals surface area contributed by atoms with Crippen molar-refractivity contribution in [1.29, 1.82) is 0 Å². The van der Waals surface area contributed by atoms with E-state index < -0.39 is 0 Å². The van der Waals surface area contributed by atoms with Gasteiger partial charge in [-0.1, -0.05) is 30.0 Å². The largest absolute Gasteiger partial charge is 0.395 e. The van der Waals surface area contributed by atoms with Crippen LogP contribution in [0.15, 0.2) is 53.9 Å². The summed E-state index contributed by atoms with van der Waals surface area (Å²) in [5.74, 6) is 1.63. The number of nitrogens with zero attached hydrogens (tertiary/aromatic N) is 4. The van der Waals surface area contributed by atoms with E-state index in [1.165, 1.54) is 0 Å². The molecule has 1 aromatic carbocycles. The molecule has 130 valence electrons. The van der Waals surface area contributed by atoms with Crippen molar-refractivity contribution in [3.63, 3.8) is 0 Å². The van der Waals surface area contributed by atoms with Gasteiger partial charge >= 0.3 is 0 Å². The predicted octanol–water partition coefficient (Wildman–Crippen LogP) is 2.31. The van der Waals surface area contributed by atoms with E-state index in [0.29, 0.717) is 6.54 Å². The van der Waals surface area contributed by atoms with E-state index in [9.17, 15) is 0 Å². The van der Waals surface area contributed by atoms with Crippen molar-refractivity contribution < 1.29 is 5.11 Å². The first-order chi connectivity index (χ1) is 12.3. The number of nitrogens with one attached hydrogen (secondary N) is 1. The molecule has 0 saturated carbocycles. The lowest BCUT2D eigenvalue weighted by molar-refractivity contribution is 0.294. The summed E-state index contributed by atoms with van der Waals surface area (Å²) in [4.78, 5) is 4.20. The first-order valence-electron chi connectivity index (χ1n) is 8.17. The highest BCUT2D eigenvalue weighted by molar-refractivity contribution is 7.99. The summed E-state index contributed by atoms with van der Waals surface area (Å²) in [6, 6.07) is 12.1.